The van der Waals surface area contributed by atoms with E-state index in [1.807, 2.05) is 12.7 Å². The van der Waals surface area contributed by atoms with Gasteiger partial charge in [-0.3, -0.25) is 9.59 Å². The number of carbonyl (C=O) groups is 2. The maximum Gasteiger partial charge on any atom is 0.305 e. The summed E-state index contributed by atoms with van der Waals surface area (Å²) in [5, 5.41) is 0. The quantitative estimate of drug-likeness (QED) is 0.604. The van der Waals surface area contributed by atoms with Gasteiger partial charge < -0.3 is 9.64 Å². The van der Waals surface area contributed by atoms with Crippen molar-refractivity contribution in [1.29, 1.82) is 0 Å². The van der Waals surface area contributed by atoms with Gasteiger partial charge in [0.15, 0.2) is 0 Å². The molecule has 2 saturated carbocycles. The van der Waals surface area contributed by atoms with Crippen molar-refractivity contribution in [3.05, 3.63) is 29.6 Å². The third kappa shape index (κ3) is 4.22. The Balaban J connectivity index is 1.68. The molecular weight excluding hydrogens is 320 g/mol. The Bertz CT molecular complexity index is 654. The van der Waals surface area contributed by atoms with Gasteiger partial charge in [0.1, 0.15) is 13.7 Å². The van der Waals surface area contributed by atoms with E-state index in [4.69, 9.17) is 4.74 Å². The van der Waals surface area contributed by atoms with Crippen LogP contribution in [-0.2, 0) is 9.53 Å². The second-order valence-electron chi connectivity index (χ2n) is 7.38. The van der Waals surface area contributed by atoms with E-state index in [-0.39, 0.29) is 29.5 Å². The molecule has 0 unspecified atom stereocenters. The molecule has 3 rings (SSSR count). The Morgan fingerprint density at radius 2 is 1.76 bits per heavy atom. The molecule has 25 heavy (non-hydrogen) atoms. The Hall–Kier alpha value is -1.85. The molecular formula is C19H25BFNO3. The maximum absolute atomic E-state index is 14.3. The van der Waals surface area contributed by atoms with Crippen molar-refractivity contribution in [2.75, 3.05) is 7.11 Å². The first kappa shape index (κ1) is 18.0. The minimum absolute atomic E-state index is 0.148. The number of rotatable bonds is 5. The van der Waals surface area contributed by atoms with Crippen LogP contribution in [0, 0.1) is 11.7 Å². The standard InChI is InChI=1S/C19H25BFNO3/c1-25-18(23)10-12-2-5-14(6-3-12)22(15-7-8-15)19(24)16-9-4-13(20)11-17(16)21/h4,9,11-12,14-15H,2-3,5-8,10,20H2,1H3/t12-,14-. The van der Waals surface area contributed by atoms with Crippen LogP contribution < -0.4 is 5.46 Å². The van der Waals surface area contributed by atoms with Crippen molar-refractivity contribution in [1.82, 2.24) is 4.90 Å². The fourth-order valence-corrected chi connectivity index (χ4v) is 3.86. The molecule has 2 aliphatic carbocycles. The number of nitrogens with zero attached hydrogens (tertiary/aromatic N) is 1. The van der Waals surface area contributed by atoms with Gasteiger partial charge in [-0.05, 0) is 56.6 Å². The van der Waals surface area contributed by atoms with Gasteiger partial charge in [0.25, 0.3) is 5.91 Å². The second kappa shape index (κ2) is 7.59. The van der Waals surface area contributed by atoms with Gasteiger partial charge in [-0.1, -0.05) is 11.5 Å². The zero-order valence-corrected chi connectivity index (χ0v) is 15.0. The van der Waals surface area contributed by atoms with Crippen LogP contribution in [0.4, 0.5) is 4.39 Å². The highest BCUT2D eigenvalue weighted by Crippen LogP contribution is 2.37. The molecule has 0 N–H and O–H groups in total. The molecule has 0 atom stereocenters. The summed E-state index contributed by atoms with van der Waals surface area (Å²) >= 11 is 0. The van der Waals surface area contributed by atoms with Gasteiger partial charge in [0.05, 0.1) is 12.7 Å². The van der Waals surface area contributed by atoms with E-state index in [1.165, 1.54) is 13.2 Å². The molecule has 4 nitrogen and oxygen atoms in total. The fraction of sp³-hybridized carbons (Fsp3) is 0.579. The van der Waals surface area contributed by atoms with Crippen molar-refractivity contribution in [3.63, 3.8) is 0 Å². The molecule has 2 aliphatic rings. The van der Waals surface area contributed by atoms with E-state index < -0.39 is 5.82 Å². The number of hydrogen-bond donors (Lipinski definition) is 0. The number of hydrogen-bond acceptors (Lipinski definition) is 3. The molecule has 2 fully saturated rings. The lowest BCUT2D eigenvalue weighted by Crippen LogP contribution is -2.44. The number of methoxy groups -OCH3 is 1. The largest absolute Gasteiger partial charge is 0.469 e. The fourth-order valence-electron chi connectivity index (χ4n) is 3.86. The molecule has 0 aliphatic heterocycles. The predicted molar refractivity (Wildman–Crippen MR) is 96.1 cm³/mol. The van der Waals surface area contributed by atoms with Crippen LogP contribution in [0.25, 0.3) is 0 Å². The maximum atomic E-state index is 14.3. The molecule has 0 saturated heterocycles. The summed E-state index contributed by atoms with van der Waals surface area (Å²) in [5.74, 6) is -0.456. The predicted octanol–water partition coefficient (Wildman–Crippen LogP) is 1.81. The van der Waals surface area contributed by atoms with E-state index in [1.54, 1.807) is 12.1 Å². The first-order valence-corrected chi connectivity index (χ1v) is 9.15. The molecule has 134 valence electrons. The summed E-state index contributed by atoms with van der Waals surface area (Å²) < 4.78 is 19.0. The summed E-state index contributed by atoms with van der Waals surface area (Å²) in [5.41, 5.74) is 0.990. The summed E-state index contributed by atoms with van der Waals surface area (Å²) in [6.07, 6.45) is 6.02. The molecule has 1 aromatic carbocycles. The molecule has 6 heteroatoms. The molecule has 0 aromatic heterocycles. The first-order chi connectivity index (χ1) is 12.0. The normalized spacial score (nSPS) is 23.1. The van der Waals surface area contributed by atoms with Gasteiger partial charge in [0, 0.05) is 18.5 Å². The third-order valence-electron chi connectivity index (χ3n) is 5.42. The van der Waals surface area contributed by atoms with Crippen molar-refractivity contribution >= 4 is 25.2 Å². The lowest BCUT2D eigenvalue weighted by molar-refractivity contribution is -0.142. The van der Waals surface area contributed by atoms with Gasteiger partial charge in [-0.2, -0.15) is 0 Å². The number of esters is 1. The first-order valence-electron chi connectivity index (χ1n) is 9.15. The topological polar surface area (TPSA) is 46.6 Å². The van der Waals surface area contributed by atoms with Gasteiger partial charge in [-0.15, -0.1) is 0 Å². The van der Waals surface area contributed by atoms with Crippen LogP contribution in [0.5, 0.6) is 0 Å². The average molecular weight is 345 g/mol. The highest BCUT2D eigenvalue weighted by Gasteiger charge is 2.40. The van der Waals surface area contributed by atoms with Gasteiger partial charge >= 0.3 is 5.97 Å². The van der Waals surface area contributed by atoms with Crippen LogP contribution in [0.3, 0.4) is 0 Å². The van der Waals surface area contributed by atoms with E-state index in [9.17, 15) is 14.0 Å². The van der Waals surface area contributed by atoms with E-state index in [0.29, 0.717) is 12.3 Å². The van der Waals surface area contributed by atoms with Crippen LogP contribution in [-0.4, -0.2) is 43.8 Å². The molecule has 0 bridgehead atoms. The Labute approximate surface area is 149 Å². The van der Waals surface area contributed by atoms with Crippen LogP contribution in [0.15, 0.2) is 18.2 Å². The summed E-state index contributed by atoms with van der Waals surface area (Å²) in [7, 11) is 3.23. The SMILES string of the molecule is Bc1ccc(C(=O)N(C2CC2)[C@H]2CC[C@H](CC(=O)OC)CC2)c(F)c1. The second-order valence-corrected chi connectivity index (χ2v) is 7.38. The molecule has 1 aromatic rings. The third-order valence-corrected chi connectivity index (χ3v) is 5.42. The van der Waals surface area contributed by atoms with Crippen LogP contribution >= 0.6 is 0 Å². The number of halogens is 1. The molecule has 0 radical (unpaired) electrons. The van der Waals surface area contributed by atoms with Crippen molar-refractivity contribution < 1.29 is 18.7 Å². The lowest BCUT2D eigenvalue weighted by atomic mass is 9.83. The average Bonchev–Trinajstić information content (AvgIpc) is 3.41. The van der Waals surface area contributed by atoms with E-state index in [2.05, 4.69) is 0 Å². The van der Waals surface area contributed by atoms with Crippen LogP contribution in [0.1, 0.15) is 55.3 Å². The summed E-state index contributed by atoms with van der Waals surface area (Å²) in [4.78, 5) is 26.3. The number of amides is 1. The van der Waals surface area contributed by atoms with E-state index >= 15 is 0 Å². The Morgan fingerprint density at radius 1 is 1.16 bits per heavy atom. The van der Waals surface area contributed by atoms with Gasteiger partial charge in [-0.25, -0.2) is 4.39 Å². The Morgan fingerprint density at radius 3 is 2.28 bits per heavy atom. The summed E-state index contributed by atoms with van der Waals surface area (Å²) in [6.45, 7) is 0. The molecule has 0 spiro atoms. The minimum atomic E-state index is -0.435. The van der Waals surface area contributed by atoms with Crippen LogP contribution in [0.2, 0.25) is 0 Å². The highest BCUT2D eigenvalue weighted by atomic mass is 19.1. The zero-order valence-electron chi connectivity index (χ0n) is 15.0. The van der Waals surface area contributed by atoms with Crippen molar-refractivity contribution in [2.45, 2.75) is 57.0 Å². The van der Waals surface area contributed by atoms with E-state index in [0.717, 1.165) is 44.0 Å². The molecule has 1 amide bonds. The minimum Gasteiger partial charge on any atom is -0.469 e. The van der Waals surface area contributed by atoms with Crippen molar-refractivity contribution in [3.8, 4) is 0 Å². The zero-order chi connectivity index (χ0) is 18.0. The highest BCUT2D eigenvalue weighted by molar-refractivity contribution is 6.32. The summed E-state index contributed by atoms with van der Waals surface area (Å²) in [6, 6.07) is 5.20. The van der Waals surface area contributed by atoms with Crippen molar-refractivity contribution in [2.24, 2.45) is 5.92 Å². The molecule has 0 heterocycles. The monoisotopic (exact) mass is 345 g/mol. The number of ether oxygens (including phenoxy) is 1. The number of benzene rings is 1. The van der Waals surface area contributed by atoms with Gasteiger partial charge in [0.2, 0.25) is 0 Å². The number of carbonyl (C=O) groups excluding carboxylic acids is 2. The Kier molecular flexibility index (Phi) is 5.45. The smallest absolute Gasteiger partial charge is 0.305 e. The lowest BCUT2D eigenvalue weighted by Gasteiger charge is -2.37.